The van der Waals surface area contributed by atoms with E-state index in [1.54, 1.807) is 58.9 Å². The largest absolute Gasteiger partial charge is 0.444 e. The summed E-state index contributed by atoms with van der Waals surface area (Å²) in [5, 5.41) is 1.31. The number of carbonyl (C=O) groups is 2. The van der Waals surface area contributed by atoms with Crippen molar-refractivity contribution in [2.24, 2.45) is 0 Å². The van der Waals surface area contributed by atoms with Gasteiger partial charge in [-0.1, -0.05) is 30.3 Å². The van der Waals surface area contributed by atoms with E-state index in [0.717, 1.165) is 0 Å². The first-order chi connectivity index (χ1) is 13.6. The van der Waals surface area contributed by atoms with E-state index < -0.39 is 30.5 Å². The Balaban J connectivity index is 2.61. The molecule has 1 saturated carbocycles. The summed E-state index contributed by atoms with van der Waals surface area (Å²) >= 11 is 0. The Morgan fingerprint density at radius 3 is 2.21 bits per heavy atom. The van der Waals surface area contributed by atoms with Crippen LogP contribution in [0.4, 0.5) is 4.79 Å². The third-order valence-electron chi connectivity index (χ3n) is 4.80. The molecule has 7 nitrogen and oxygen atoms in total. The molecule has 0 aliphatic heterocycles. The van der Waals surface area contributed by atoms with E-state index in [-0.39, 0.29) is 25.4 Å². The fourth-order valence-corrected chi connectivity index (χ4v) is 6.38. The summed E-state index contributed by atoms with van der Waals surface area (Å²) in [5.74, 6) is -0.229. The maximum Gasteiger partial charge on any atom is 0.408 e. The molecule has 0 unspecified atom stereocenters. The second-order valence-electron chi connectivity index (χ2n) is 8.02. The molecule has 1 amide bonds. The molecule has 1 aromatic carbocycles. The summed E-state index contributed by atoms with van der Waals surface area (Å²) in [6.45, 7) is 8.93. The SMILES string of the molecule is CCOP(=O)(OCC)[C@]1([C@H](NC(=O)OC(C)(C)C)c2ccccc2)CCCC1=O. The molecule has 1 aliphatic rings. The van der Waals surface area contributed by atoms with Crippen molar-refractivity contribution in [2.75, 3.05) is 13.2 Å². The summed E-state index contributed by atoms with van der Waals surface area (Å²) in [4.78, 5) is 25.9. The van der Waals surface area contributed by atoms with Crippen LogP contribution in [0.1, 0.15) is 65.5 Å². The summed E-state index contributed by atoms with van der Waals surface area (Å²) in [5.41, 5.74) is -0.0740. The van der Waals surface area contributed by atoms with E-state index in [1.165, 1.54) is 0 Å². The van der Waals surface area contributed by atoms with Crippen molar-refractivity contribution < 1.29 is 27.9 Å². The maximum atomic E-state index is 14.0. The quantitative estimate of drug-likeness (QED) is 0.589. The average molecular weight is 425 g/mol. The lowest BCUT2D eigenvalue weighted by molar-refractivity contribution is -0.120. The zero-order valence-electron chi connectivity index (χ0n) is 17.9. The number of rotatable bonds is 8. The van der Waals surface area contributed by atoms with Crippen LogP contribution in [0.15, 0.2) is 30.3 Å². The Labute approximate surface area is 173 Å². The topological polar surface area (TPSA) is 90.9 Å². The van der Waals surface area contributed by atoms with Gasteiger partial charge in [0.1, 0.15) is 5.60 Å². The molecule has 1 N–H and O–H groups in total. The van der Waals surface area contributed by atoms with Crippen molar-refractivity contribution in [3.63, 3.8) is 0 Å². The van der Waals surface area contributed by atoms with Crippen LogP contribution in [-0.4, -0.2) is 35.8 Å². The van der Waals surface area contributed by atoms with Gasteiger partial charge in [-0.2, -0.15) is 0 Å². The van der Waals surface area contributed by atoms with Crippen LogP contribution in [0.25, 0.3) is 0 Å². The molecule has 0 heterocycles. The Morgan fingerprint density at radius 1 is 1.17 bits per heavy atom. The average Bonchev–Trinajstić information content (AvgIpc) is 3.02. The molecule has 2 atom stereocenters. The molecule has 29 heavy (non-hydrogen) atoms. The van der Waals surface area contributed by atoms with Crippen LogP contribution in [0.5, 0.6) is 0 Å². The summed E-state index contributed by atoms with van der Waals surface area (Å²) in [6.07, 6.45) is 0.398. The zero-order valence-corrected chi connectivity index (χ0v) is 18.8. The van der Waals surface area contributed by atoms with Crippen LogP contribution in [0.2, 0.25) is 0 Å². The molecule has 0 aromatic heterocycles. The highest BCUT2D eigenvalue weighted by Crippen LogP contribution is 2.68. The smallest absolute Gasteiger partial charge is 0.408 e. The number of alkyl carbamates (subject to hydrolysis) is 1. The van der Waals surface area contributed by atoms with E-state index in [0.29, 0.717) is 18.4 Å². The van der Waals surface area contributed by atoms with Crippen molar-refractivity contribution in [2.45, 2.75) is 70.7 Å². The van der Waals surface area contributed by atoms with Gasteiger partial charge in [-0.05, 0) is 53.0 Å². The standard InChI is InChI=1S/C21H32NO6P/c1-6-26-29(25,27-7-2)21(15-11-14-17(21)23)18(16-12-9-8-10-13-16)22-19(24)28-20(3,4)5/h8-10,12-13,18H,6-7,11,14-15H2,1-5H3,(H,22,24)/t18-,21-/m1/s1. The first kappa shape index (κ1) is 23.6. The normalized spacial score (nSPS) is 21.1. The first-order valence-corrected chi connectivity index (χ1v) is 11.6. The molecular weight excluding hydrogens is 393 g/mol. The Bertz CT molecular complexity index is 750. The van der Waals surface area contributed by atoms with E-state index in [1.807, 2.05) is 6.07 Å². The van der Waals surface area contributed by atoms with Crippen LogP contribution < -0.4 is 5.32 Å². The zero-order chi connectivity index (χ0) is 21.7. The Morgan fingerprint density at radius 2 is 1.76 bits per heavy atom. The van der Waals surface area contributed by atoms with Gasteiger partial charge in [0.05, 0.1) is 19.3 Å². The van der Waals surface area contributed by atoms with Gasteiger partial charge in [0.25, 0.3) is 0 Å². The van der Waals surface area contributed by atoms with E-state index in [4.69, 9.17) is 13.8 Å². The molecule has 1 fully saturated rings. The van der Waals surface area contributed by atoms with Gasteiger partial charge in [0.2, 0.25) is 0 Å². The minimum atomic E-state index is -3.90. The maximum absolute atomic E-state index is 14.0. The second kappa shape index (κ2) is 9.41. The summed E-state index contributed by atoms with van der Waals surface area (Å²) < 4.78 is 30.7. The molecule has 1 aromatic rings. The van der Waals surface area contributed by atoms with Crippen LogP contribution in [0, 0.1) is 0 Å². The fourth-order valence-electron chi connectivity index (χ4n) is 3.78. The van der Waals surface area contributed by atoms with Crippen molar-refractivity contribution in [1.29, 1.82) is 0 Å². The van der Waals surface area contributed by atoms with Crippen LogP contribution >= 0.6 is 7.60 Å². The van der Waals surface area contributed by atoms with Crippen molar-refractivity contribution >= 4 is 19.5 Å². The fraction of sp³-hybridized carbons (Fsp3) is 0.619. The van der Waals surface area contributed by atoms with E-state index >= 15 is 0 Å². The molecular formula is C21H32NO6P. The molecule has 0 radical (unpaired) electrons. The minimum Gasteiger partial charge on any atom is -0.444 e. The third-order valence-corrected chi connectivity index (χ3v) is 7.71. The monoisotopic (exact) mass is 425 g/mol. The van der Waals surface area contributed by atoms with Crippen LogP contribution in [-0.2, 0) is 23.1 Å². The predicted molar refractivity (Wildman–Crippen MR) is 111 cm³/mol. The Kier molecular flexibility index (Phi) is 7.66. The van der Waals surface area contributed by atoms with Gasteiger partial charge in [0, 0.05) is 6.42 Å². The molecule has 2 rings (SSSR count). The predicted octanol–water partition coefficient (Wildman–Crippen LogP) is 5.01. The lowest BCUT2D eigenvalue weighted by Crippen LogP contribution is -2.50. The number of hydrogen-bond donors (Lipinski definition) is 1. The first-order valence-electron chi connectivity index (χ1n) is 10.1. The van der Waals surface area contributed by atoms with Gasteiger partial charge in [-0.25, -0.2) is 4.79 Å². The van der Waals surface area contributed by atoms with Crippen molar-refractivity contribution in [1.82, 2.24) is 5.32 Å². The van der Waals surface area contributed by atoms with Gasteiger partial charge >= 0.3 is 13.7 Å². The van der Waals surface area contributed by atoms with E-state index in [9.17, 15) is 14.2 Å². The van der Waals surface area contributed by atoms with Crippen molar-refractivity contribution in [3.05, 3.63) is 35.9 Å². The second-order valence-corrected chi connectivity index (χ2v) is 10.3. The molecule has 8 heteroatoms. The summed E-state index contributed by atoms with van der Waals surface area (Å²) in [7, 11) is -3.90. The number of nitrogens with one attached hydrogen (secondary N) is 1. The van der Waals surface area contributed by atoms with Crippen molar-refractivity contribution in [3.8, 4) is 0 Å². The van der Waals surface area contributed by atoms with Gasteiger partial charge < -0.3 is 19.1 Å². The lowest BCUT2D eigenvalue weighted by Gasteiger charge is -2.41. The number of amides is 1. The van der Waals surface area contributed by atoms with Crippen LogP contribution in [0.3, 0.4) is 0 Å². The number of carbonyl (C=O) groups excluding carboxylic acids is 2. The minimum absolute atomic E-state index is 0.125. The number of ketones is 1. The summed E-state index contributed by atoms with van der Waals surface area (Å²) in [6, 6.07) is 8.12. The van der Waals surface area contributed by atoms with Gasteiger partial charge in [0.15, 0.2) is 10.9 Å². The van der Waals surface area contributed by atoms with E-state index in [2.05, 4.69) is 5.32 Å². The highest BCUT2D eigenvalue weighted by Gasteiger charge is 2.63. The molecule has 0 bridgehead atoms. The number of benzene rings is 1. The molecule has 0 saturated heterocycles. The Hall–Kier alpha value is -1.69. The lowest BCUT2D eigenvalue weighted by atomic mass is 9.90. The highest BCUT2D eigenvalue weighted by atomic mass is 31.2. The third kappa shape index (κ3) is 5.08. The van der Waals surface area contributed by atoms with Gasteiger partial charge in [-0.3, -0.25) is 9.36 Å². The molecule has 162 valence electrons. The molecule has 0 spiro atoms. The number of hydrogen-bond acceptors (Lipinski definition) is 6. The number of ether oxygens (including phenoxy) is 1. The van der Waals surface area contributed by atoms with Gasteiger partial charge in [-0.15, -0.1) is 0 Å². The number of Topliss-reactive ketones (excluding diaryl/α,β-unsaturated/α-hetero) is 1. The highest BCUT2D eigenvalue weighted by molar-refractivity contribution is 7.57. The molecule has 1 aliphatic carbocycles.